The molecule has 0 spiro atoms. The van der Waals surface area contributed by atoms with E-state index in [1.165, 1.54) is 5.56 Å². The third-order valence-electron chi connectivity index (χ3n) is 5.42. The number of benzene rings is 2. The molecule has 1 fully saturated rings. The molecule has 2 amide bonds. The van der Waals surface area contributed by atoms with E-state index in [1.807, 2.05) is 30.5 Å². The molecule has 0 unspecified atom stereocenters. The summed E-state index contributed by atoms with van der Waals surface area (Å²) >= 11 is 0. The minimum absolute atomic E-state index is 0.184. The van der Waals surface area contributed by atoms with Crippen LogP contribution in [0.3, 0.4) is 0 Å². The Morgan fingerprint density at radius 3 is 2.34 bits per heavy atom. The second-order valence-electron chi connectivity index (χ2n) is 7.65. The van der Waals surface area contributed by atoms with E-state index in [4.69, 9.17) is 4.74 Å². The first-order valence-electron chi connectivity index (χ1n) is 10.7. The zero-order valence-corrected chi connectivity index (χ0v) is 17.8. The molecule has 164 valence electrons. The van der Waals surface area contributed by atoms with Crippen molar-refractivity contribution in [2.24, 2.45) is 0 Å². The molecule has 0 radical (unpaired) electrons. The van der Waals surface area contributed by atoms with Crippen molar-refractivity contribution < 1.29 is 14.3 Å². The van der Waals surface area contributed by atoms with Crippen LogP contribution in [0.15, 0.2) is 79.1 Å². The fourth-order valence-electron chi connectivity index (χ4n) is 3.55. The van der Waals surface area contributed by atoms with E-state index < -0.39 is 0 Å². The molecule has 7 nitrogen and oxygen atoms in total. The van der Waals surface area contributed by atoms with Crippen LogP contribution in [0.4, 0.5) is 10.5 Å². The number of anilines is 1. The van der Waals surface area contributed by atoms with Crippen molar-refractivity contribution in [3.8, 4) is 5.75 Å². The van der Waals surface area contributed by atoms with Crippen molar-refractivity contribution >= 4 is 17.7 Å². The van der Waals surface area contributed by atoms with Crippen molar-refractivity contribution in [2.45, 2.75) is 6.42 Å². The summed E-state index contributed by atoms with van der Waals surface area (Å²) in [4.78, 5) is 33.0. The van der Waals surface area contributed by atoms with E-state index in [9.17, 15) is 9.59 Å². The van der Waals surface area contributed by atoms with Crippen LogP contribution in [0.25, 0.3) is 0 Å². The lowest BCUT2D eigenvalue weighted by molar-refractivity contribution is 0.102. The number of piperazine rings is 1. The molecule has 1 aliphatic rings. The first-order chi connectivity index (χ1) is 15.7. The normalized spacial score (nSPS) is 14.1. The van der Waals surface area contributed by atoms with Gasteiger partial charge < -0.3 is 15.0 Å². The topological polar surface area (TPSA) is 74.8 Å². The van der Waals surface area contributed by atoms with Crippen LogP contribution in [0, 0.1) is 0 Å². The Balaban J connectivity index is 1.21. The molecule has 1 aliphatic heterocycles. The van der Waals surface area contributed by atoms with E-state index >= 15 is 0 Å². The highest BCUT2D eigenvalue weighted by molar-refractivity contribution is 6.04. The number of aromatic nitrogens is 1. The van der Waals surface area contributed by atoms with Gasteiger partial charge in [-0.25, -0.2) is 4.79 Å². The predicted molar refractivity (Wildman–Crippen MR) is 123 cm³/mol. The van der Waals surface area contributed by atoms with Crippen molar-refractivity contribution in [3.05, 3.63) is 90.3 Å². The summed E-state index contributed by atoms with van der Waals surface area (Å²) in [6.07, 6.45) is 4.28. The lowest BCUT2D eigenvalue weighted by Crippen LogP contribution is -2.49. The van der Waals surface area contributed by atoms with E-state index in [0.717, 1.165) is 26.1 Å². The Morgan fingerprint density at radius 1 is 0.906 bits per heavy atom. The highest BCUT2D eigenvalue weighted by Crippen LogP contribution is 2.18. The summed E-state index contributed by atoms with van der Waals surface area (Å²) < 4.78 is 5.51. The fraction of sp³-hybridized carbons (Fsp3) is 0.240. The SMILES string of the molecule is O=C(Nc1ccc(OC(=O)N2CCN(CCc3cccnc3)CC2)cc1)c1ccccc1. The van der Waals surface area contributed by atoms with Crippen molar-refractivity contribution in [3.63, 3.8) is 0 Å². The van der Waals surface area contributed by atoms with Crippen LogP contribution in [-0.2, 0) is 6.42 Å². The minimum Gasteiger partial charge on any atom is -0.410 e. The van der Waals surface area contributed by atoms with Crippen LogP contribution in [0.1, 0.15) is 15.9 Å². The first kappa shape index (κ1) is 21.5. The summed E-state index contributed by atoms with van der Waals surface area (Å²) in [5, 5.41) is 2.83. The van der Waals surface area contributed by atoms with Gasteiger partial charge in [-0.3, -0.25) is 14.7 Å². The van der Waals surface area contributed by atoms with E-state index in [2.05, 4.69) is 21.3 Å². The first-order valence-corrected chi connectivity index (χ1v) is 10.7. The van der Waals surface area contributed by atoms with Gasteiger partial charge in [-0.2, -0.15) is 0 Å². The van der Waals surface area contributed by atoms with Crippen molar-refractivity contribution in [1.82, 2.24) is 14.8 Å². The van der Waals surface area contributed by atoms with Crippen molar-refractivity contribution in [2.75, 3.05) is 38.0 Å². The molecule has 1 aromatic heterocycles. The maximum atomic E-state index is 12.5. The highest BCUT2D eigenvalue weighted by Gasteiger charge is 2.22. The molecule has 7 heteroatoms. The van der Waals surface area contributed by atoms with E-state index in [-0.39, 0.29) is 12.0 Å². The molecule has 1 saturated heterocycles. The molecular weight excluding hydrogens is 404 g/mol. The molecule has 0 atom stereocenters. The number of pyridine rings is 1. The quantitative estimate of drug-likeness (QED) is 0.646. The summed E-state index contributed by atoms with van der Waals surface area (Å²) in [6.45, 7) is 3.86. The van der Waals surface area contributed by atoms with Gasteiger partial charge in [-0.1, -0.05) is 24.3 Å². The smallest absolute Gasteiger partial charge is 0.410 e. The van der Waals surface area contributed by atoms with Gasteiger partial charge in [0, 0.05) is 56.4 Å². The number of hydrogen-bond acceptors (Lipinski definition) is 5. The fourth-order valence-corrected chi connectivity index (χ4v) is 3.55. The molecule has 2 aromatic carbocycles. The number of nitrogens with zero attached hydrogens (tertiary/aromatic N) is 3. The Hall–Kier alpha value is -3.71. The number of rotatable bonds is 6. The second kappa shape index (κ2) is 10.5. The third-order valence-corrected chi connectivity index (χ3v) is 5.42. The van der Waals surface area contributed by atoms with Gasteiger partial charge in [0.1, 0.15) is 5.75 Å². The number of ether oxygens (including phenoxy) is 1. The molecular formula is C25H26N4O3. The monoisotopic (exact) mass is 430 g/mol. The van der Waals surface area contributed by atoms with Gasteiger partial charge >= 0.3 is 6.09 Å². The van der Waals surface area contributed by atoms with Gasteiger partial charge in [0.15, 0.2) is 0 Å². The highest BCUT2D eigenvalue weighted by atomic mass is 16.6. The van der Waals surface area contributed by atoms with Crippen LogP contribution < -0.4 is 10.1 Å². The van der Waals surface area contributed by atoms with Crippen LogP contribution in [-0.4, -0.2) is 59.5 Å². The summed E-state index contributed by atoms with van der Waals surface area (Å²) in [5.74, 6) is 0.267. The Bertz CT molecular complexity index is 1020. The number of hydrogen-bond donors (Lipinski definition) is 1. The Kier molecular flexibility index (Phi) is 7.09. The van der Waals surface area contributed by atoms with Gasteiger partial charge in [-0.05, 0) is 54.4 Å². The van der Waals surface area contributed by atoms with E-state index in [0.29, 0.717) is 30.1 Å². The second-order valence-corrected chi connectivity index (χ2v) is 7.65. The molecule has 0 saturated carbocycles. The average molecular weight is 431 g/mol. The predicted octanol–water partition coefficient (Wildman–Crippen LogP) is 3.69. The summed E-state index contributed by atoms with van der Waals surface area (Å²) in [7, 11) is 0. The summed E-state index contributed by atoms with van der Waals surface area (Å²) in [6, 6.07) is 19.9. The van der Waals surface area contributed by atoms with Crippen LogP contribution in [0.5, 0.6) is 5.75 Å². The largest absolute Gasteiger partial charge is 0.415 e. The van der Waals surface area contributed by atoms with Gasteiger partial charge in [0.25, 0.3) is 5.91 Å². The van der Waals surface area contributed by atoms with Gasteiger partial charge in [-0.15, -0.1) is 0 Å². The lowest BCUT2D eigenvalue weighted by Gasteiger charge is -2.34. The van der Waals surface area contributed by atoms with Crippen LogP contribution in [0.2, 0.25) is 0 Å². The lowest BCUT2D eigenvalue weighted by atomic mass is 10.2. The Labute approximate surface area is 187 Å². The maximum Gasteiger partial charge on any atom is 0.415 e. The number of amides is 2. The summed E-state index contributed by atoms with van der Waals surface area (Å²) in [5.41, 5.74) is 2.45. The van der Waals surface area contributed by atoms with Crippen molar-refractivity contribution in [1.29, 1.82) is 0 Å². The Morgan fingerprint density at radius 2 is 1.66 bits per heavy atom. The van der Waals surface area contributed by atoms with Gasteiger partial charge in [0.2, 0.25) is 0 Å². The van der Waals surface area contributed by atoms with Crippen LogP contribution >= 0.6 is 0 Å². The number of carbonyl (C=O) groups excluding carboxylic acids is 2. The molecule has 0 aliphatic carbocycles. The van der Waals surface area contributed by atoms with Gasteiger partial charge in [0.05, 0.1) is 0 Å². The zero-order valence-electron chi connectivity index (χ0n) is 17.8. The molecule has 1 N–H and O–H groups in total. The number of nitrogens with one attached hydrogen (secondary N) is 1. The molecule has 4 rings (SSSR count). The average Bonchev–Trinajstić information content (AvgIpc) is 2.85. The molecule has 2 heterocycles. The standard InChI is InChI=1S/C25H26N4O3/c30-24(21-6-2-1-3-7-21)27-22-8-10-23(11-9-22)32-25(31)29-17-15-28(16-18-29)14-12-20-5-4-13-26-19-20/h1-11,13,19H,12,14-18H2,(H,27,30). The molecule has 32 heavy (non-hydrogen) atoms. The maximum absolute atomic E-state index is 12.5. The molecule has 3 aromatic rings. The molecule has 0 bridgehead atoms. The minimum atomic E-state index is -0.349. The van der Waals surface area contributed by atoms with E-state index in [1.54, 1.807) is 47.5 Å². The third kappa shape index (κ3) is 5.92. The number of carbonyl (C=O) groups is 2. The zero-order chi connectivity index (χ0) is 22.2.